The van der Waals surface area contributed by atoms with E-state index in [0.29, 0.717) is 18.0 Å². The highest BCUT2D eigenvalue weighted by Crippen LogP contribution is 2.35. The Morgan fingerprint density at radius 1 is 1.13 bits per heavy atom. The highest BCUT2D eigenvalue weighted by atomic mass is 16.2. The van der Waals surface area contributed by atoms with Crippen LogP contribution in [0.4, 0.5) is 0 Å². The quantitative estimate of drug-likeness (QED) is 0.738. The molecule has 2 bridgehead atoms. The Hall–Kier alpha value is -0.570. The Bertz CT molecular complexity index is 248. The van der Waals surface area contributed by atoms with Crippen molar-refractivity contribution in [2.75, 3.05) is 13.1 Å². The number of hydrogen-bond donors (Lipinski definition) is 1. The molecule has 2 heterocycles. The van der Waals surface area contributed by atoms with E-state index in [0.717, 1.165) is 31.8 Å². The molecule has 0 aromatic carbocycles. The maximum Gasteiger partial charge on any atom is 0.223 e. The molecule has 3 nitrogen and oxygen atoms in total. The lowest BCUT2D eigenvalue weighted by Crippen LogP contribution is -2.42. The largest absolute Gasteiger partial charge is 0.335 e. The first-order chi connectivity index (χ1) is 7.34. The summed E-state index contributed by atoms with van der Waals surface area (Å²) in [5.41, 5.74) is 0. The van der Waals surface area contributed by atoms with Gasteiger partial charge in [-0.15, -0.1) is 0 Å². The first-order valence-corrected chi connectivity index (χ1v) is 6.36. The molecule has 15 heavy (non-hydrogen) atoms. The van der Waals surface area contributed by atoms with Gasteiger partial charge in [-0.1, -0.05) is 0 Å². The first kappa shape index (κ1) is 9.64. The molecule has 2 aliphatic heterocycles. The molecular formula is C12H20N2O. The van der Waals surface area contributed by atoms with Crippen molar-refractivity contribution in [3.63, 3.8) is 0 Å². The van der Waals surface area contributed by atoms with Gasteiger partial charge in [0.15, 0.2) is 0 Å². The summed E-state index contributed by atoms with van der Waals surface area (Å²) < 4.78 is 0. The molecule has 2 unspecified atom stereocenters. The van der Waals surface area contributed by atoms with Crippen molar-refractivity contribution in [1.82, 2.24) is 10.2 Å². The summed E-state index contributed by atoms with van der Waals surface area (Å²) in [5, 5.41) is 3.44. The third-order valence-corrected chi connectivity index (χ3v) is 4.10. The van der Waals surface area contributed by atoms with Crippen LogP contribution in [0.25, 0.3) is 0 Å². The molecule has 3 fully saturated rings. The van der Waals surface area contributed by atoms with Crippen LogP contribution in [0.1, 0.15) is 38.5 Å². The number of hydrogen-bond acceptors (Lipinski definition) is 2. The fourth-order valence-corrected chi connectivity index (χ4v) is 3.06. The molecule has 84 valence electrons. The summed E-state index contributed by atoms with van der Waals surface area (Å²) in [6.07, 6.45) is 7.01. The van der Waals surface area contributed by atoms with Gasteiger partial charge in [0.2, 0.25) is 5.91 Å². The minimum absolute atomic E-state index is 0.439. The normalized spacial score (nSPS) is 35.3. The molecule has 3 aliphatic rings. The molecule has 1 amide bonds. The minimum Gasteiger partial charge on any atom is -0.335 e. The number of carbonyl (C=O) groups excluding carboxylic acids is 1. The zero-order valence-electron chi connectivity index (χ0n) is 9.24. The molecule has 3 heteroatoms. The van der Waals surface area contributed by atoms with Gasteiger partial charge >= 0.3 is 0 Å². The van der Waals surface area contributed by atoms with E-state index in [4.69, 9.17) is 0 Å². The van der Waals surface area contributed by atoms with E-state index in [9.17, 15) is 4.79 Å². The van der Waals surface area contributed by atoms with Crippen LogP contribution in [-0.2, 0) is 4.79 Å². The molecule has 2 atom stereocenters. The predicted molar refractivity (Wildman–Crippen MR) is 58.5 cm³/mol. The summed E-state index contributed by atoms with van der Waals surface area (Å²) in [6, 6.07) is 1.06. The topological polar surface area (TPSA) is 32.3 Å². The Kier molecular flexibility index (Phi) is 2.43. The van der Waals surface area contributed by atoms with Crippen molar-refractivity contribution in [1.29, 1.82) is 0 Å². The molecule has 0 radical (unpaired) electrons. The fourth-order valence-electron chi connectivity index (χ4n) is 3.06. The average molecular weight is 208 g/mol. The number of fused-ring (bicyclic) bond motifs is 2. The van der Waals surface area contributed by atoms with Gasteiger partial charge in [0.05, 0.1) is 0 Å². The maximum absolute atomic E-state index is 12.2. The van der Waals surface area contributed by atoms with Crippen LogP contribution < -0.4 is 5.32 Å². The molecule has 0 aromatic rings. The second-order valence-corrected chi connectivity index (χ2v) is 5.33. The number of amides is 1. The van der Waals surface area contributed by atoms with E-state index in [1.165, 1.54) is 25.7 Å². The number of nitrogens with one attached hydrogen (secondary N) is 1. The zero-order valence-corrected chi connectivity index (χ0v) is 9.24. The summed E-state index contributed by atoms with van der Waals surface area (Å²) in [4.78, 5) is 14.4. The van der Waals surface area contributed by atoms with Crippen LogP contribution in [0, 0.1) is 5.92 Å². The van der Waals surface area contributed by atoms with Crippen molar-refractivity contribution >= 4 is 5.91 Å². The van der Waals surface area contributed by atoms with E-state index >= 15 is 0 Å². The molecule has 1 saturated carbocycles. The standard InChI is InChI=1S/C12H20N2O/c15-12(7-9-1-2-9)14-10-3-4-11(14)8-13-6-5-10/h9-11,13H,1-8H2. The van der Waals surface area contributed by atoms with E-state index < -0.39 is 0 Å². The van der Waals surface area contributed by atoms with Crippen LogP contribution in [0.15, 0.2) is 0 Å². The van der Waals surface area contributed by atoms with Crippen LogP contribution in [0.2, 0.25) is 0 Å². The molecule has 3 rings (SSSR count). The van der Waals surface area contributed by atoms with Crippen molar-refractivity contribution in [2.45, 2.75) is 50.6 Å². The van der Waals surface area contributed by atoms with Gasteiger partial charge in [-0.2, -0.15) is 0 Å². The highest BCUT2D eigenvalue weighted by molar-refractivity contribution is 5.78. The molecule has 0 aromatic heterocycles. The Labute approximate surface area is 91.2 Å². The Morgan fingerprint density at radius 3 is 2.73 bits per heavy atom. The second-order valence-electron chi connectivity index (χ2n) is 5.33. The van der Waals surface area contributed by atoms with Gasteiger partial charge in [-0.3, -0.25) is 4.79 Å². The maximum atomic E-state index is 12.2. The molecule has 2 saturated heterocycles. The molecule has 1 aliphatic carbocycles. The third kappa shape index (κ3) is 1.89. The predicted octanol–water partition coefficient (Wildman–Crippen LogP) is 1.14. The van der Waals surface area contributed by atoms with Crippen LogP contribution in [0.5, 0.6) is 0 Å². The lowest BCUT2D eigenvalue weighted by molar-refractivity contribution is -0.134. The number of carbonyl (C=O) groups is 1. The monoisotopic (exact) mass is 208 g/mol. The smallest absolute Gasteiger partial charge is 0.223 e. The molecule has 1 N–H and O–H groups in total. The van der Waals surface area contributed by atoms with Crippen molar-refractivity contribution < 1.29 is 4.79 Å². The summed E-state index contributed by atoms with van der Waals surface area (Å²) in [6.45, 7) is 2.11. The van der Waals surface area contributed by atoms with Crippen molar-refractivity contribution in [2.24, 2.45) is 5.92 Å². The van der Waals surface area contributed by atoms with Gasteiger partial charge in [-0.05, 0) is 44.6 Å². The van der Waals surface area contributed by atoms with Crippen molar-refractivity contribution in [3.05, 3.63) is 0 Å². The van der Waals surface area contributed by atoms with Gasteiger partial charge in [0, 0.05) is 25.0 Å². The fraction of sp³-hybridized carbons (Fsp3) is 0.917. The SMILES string of the molecule is O=C(CC1CC1)N1C2CCNCC1CC2. The summed E-state index contributed by atoms with van der Waals surface area (Å²) in [5.74, 6) is 1.17. The van der Waals surface area contributed by atoms with E-state index in [-0.39, 0.29) is 0 Å². The van der Waals surface area contributed by atoms with Crippen molar-refractivity contribution in [3.8, 4) is 0 Å². The van der Waals surface area contributed by atoms with E-state index in [1.54, 1.807) is 0 Å². The van der Waals surface area contributed by atoms with E-state index in [1.807, 2.05) is 0 Å². The lowest BCUT2D eigenvalue weighted by atomic mass is 10.1. The second kappa shape index (κ2) is 3.78. The highest BCUT2D eigenvalue weighted by Gasteiger charge is 2.39. The summed E-state index contributed by atoms with van der Waals surface area (Å²) in [7, 11) is 0. The van der Waals surface area contributed by atoms with Crippen LogP contribution in [-0.4, -0.2) is 36.0 Å². The third-order valence-electron chi connectivity index (χ3n) is 4.10. The van der Waals surface area contributed by atoms with Crippen LogP contribution in [0.3, 0.4) is 0 Å². The number of nitrogens with zero attached hydrogens (tertiary/aromatic N) is 1. The molecule has 0 spiro atoms. The zero-order chi connectivity index (χ0) is 10.3. The van der Waals surface area contributed by atoms with Gasteiger partial charge in [0.1, 0.15) is 0 Å². The van der Waals surface area contributed by atoms with Gasteiger partial charge < -0.3 is 10.2 Å². The first-order valence-electron chi connectivity index (χ1n) is 6.36. The average Bonchev–Trinajstić information content (AvgIpc) is 2.91. The molecular weight excluding hydrogens is 188 g/mol. The Morgan fingerprint density at radius 2 is 1.93 bits per heavy atom. The van der Waals surface area contributed by atoms with Gasteiger partial charge in [0.25, 0.3) is 0 Å². The van der Waals surface area contributed by atoms with Gasteiger partial charge in [-0.25, -0.2) is 0 Å². The summed E-state index contributed by atoms with van der Waals surface area (Å²) >= 11 is 0. The van der Waals surface area contributed by atoms with E-state index in [2.05, 4.69) is 10.2 Å². The number of rotatable bonds is 2. The minimum atomic E-state index is 0.439. The lowest BCUT2D eigenvalue weighted by Gasteiger charge is -2.28. The van der Waals surface area contributed by atoms with Crippen LogP contribution >= 0.6 is 0 Å². The Balaban J connectivity index is 1.69.